The molecule has 1 aliphatic heterocycles. The fraction of sp³-hybridized carbons (Fsp3) is 0.308. The largest absolute Gasteiger partial charge is 0.508 e. The number of carbonyl (C=O) groups is 3. The Balaban J connectivity index is 1.34. The molecule has 2 N–H and O–H groups in total. The van der Waals surface area contributed by atoms with Crippen molar-refractivity contribution in [2.45, 2.75) is 64.1 Å². The molecular formula is C39H40O9. The smallest absolute Gasteiger partial charge is 0.311 e. The molecule has 4 aromatic rings. The maximum Gasteiger partial charge on any atom is 0.311 e. The maximum absolute atomic E-state index is 12.9. The predicted octanol–water partition coefficient (Wildman–Crippen LogP) is 7.22. The van der Waals surface area contributed by atoms with E-state index in [4.69, 9.17) is 18.9 Å². The van der Waals surface area contributed by atoms with Crippen molar-refractivity contribution >= 4 is 17.5 Å². The zero-order valence-corrected chi connectivity index (χ0v) is 26.9. The summed E-state index contributed by atoms with van der Waals surface area (Å²) in [5.41, 5.74) is 1.95. The molecule has 0 radical (unpaired) electrons. The van der Waals surface area contributed by atoms with E-state index in [9.17, 15) is 24.6 Å². The van der Waals surface area contributed by atoms with E-state index in [0.29, 0.717) is 28.7 Å². The number of aliphatic hydroxyl groups excluding tert-OH is 1. The number of ether oxygens (including phenoxy) is 4. The number of aromatic hydroxyl groups is 1. The monoisotopic (exact) mass is 652 g/mol. The van der Waals surface area contributed by atoms with Crippen molar-refractivity contribution in [1.29, 1.82) is 0 Å². The van der Waals surface area contributed by atoms with Crippen LogP contribution >= 0.6 is 0 Å². The van der Waals surface area contributed by atoms with Gasteiger partial charge in [-0.05, 0) is 24.1 Å². The van der Waals surface area contributed by atoms with Crippen LogP contribution < -0.4 is 18.9 Å². The fourth-order valence-corrected chi connectivity index (χ4v) is 5.51. The Morgan fingerprint density at radius 2 is 1.38 bits per heavy atom. The Morgan fingerprint density at radius 1 is 0.750 bits per heavy atom. The van der Waals surface area contributed by atoms with Crippen LogP contribution in [0.1, 0.15) is 83.4 Å². The normalized spacial score (nSPS) is 15.1. The van der Waals surface area contributed by atoms with Gasteiger partial charge in [0.05, 0.1) is 6.10 Å². The van der Waals surface area contributed by atoms with Gasteiger partial charge in [-0.25, -0.2) is 0 Å². The topological polar surface area (TPSA) is 129 Å². The number of carbonyl (C=O) groups excluding carboxylic acids is 3. The first-order valence-corrected chi connectivity index (χ1v) is 16.3. The van der Waals surface area contributed by atoms with E-state index in [1.807, 2.05) is 12.1 Å². The molecule has 1 heterocycles. The molecule has 0 bridgehead atoms. The Morgan fingerprint density at radius 3 is 2.02 bits per heavy atom. The molecule has 5 rings (SSSR count). The summed E-state index contributed by atoms with van der Waals surface area (Å²) in [6.07, 6.45) is 3.32. The molecule has 4 aromatic carbocycles. The lowest BCUT2D eigenvalue weighted by Gasteiger charge is -2.32. The van der Waals surface area contributed by atoms with Crippen LogP contribution in [-0.4, -0.2) is 47.1 Å². The third-order valence-electron chi connectivity index (χ3n) is 8.08. The first kappa shape index (κ1) is 34.2. The number of esters is 1. The lowest BCUT2D eigenvalue weighted by Crippen LogP contribution is -2.31. The van der Waals surface area contributed by atoms with Gasteiger partial charge in [0.2, 0.25) is 0 Å². The molecule has 9 nitrogen and oxygen atoms in total. The first-order valence-electron chi connectivity index (χ1n) is 16.3. The molecular weight excluding hydrogens is 612 g/mol. The van der Waals surface area contributed by atoms with E-state index in [-0.39, 0.29) is 66.4 Å². The van der Waals surface area contributed by atoms with Gasteiger partial charge in [0.1, 0.15) is 23.4 Å². The maximum atomic E-state index is 12.9. The van der Waals surface area contributed by atoms with Gasteiger partial charge in [-0.15, -0.1) is 0 Å². The van der Waals surface area contributed by atoms with Gasteiger partial charge in [0.15, 0.2) is 36.3 Å². The summed E-state index contributed by atoms with van der Waals surface area (Å²) in [7, 11) is 0. The summed E-state index contributed by atoms with van der Waals surface area (Å²) in [5, 5.41) is 21.7. The minimum atomic E-state index is -1.06. The van der Waals surface area contributed by atoms with Gasteiger partial charge in [-0.2, -0.15) is 0 Å². The van der Waals surface area contributed by atoms with Crippen molar-refractivity contribution in [3.05, 3.63) is 113 Å². The molecule has 0 spiro atoms. The van der Waals surface area contributed by atoms with Crippen LogP contribution in [-0.2, 0) is 11.2 Å². The minimum Gasteiger partial charge on any atom is -0.508 e. The molecule has 0 saturated carbocycles. The van der Waals surface area contributed by atoms with Crippen molar-refractivity contribution in [3.63, 3.8) is 0 Å². The molecule has 0 fully saturated rings. The highest BCUT2D eigenvalue weighted by molar-refractivity contribution is 5.97. The Hall–Kier alpha value is -5.15. The molecule has 0 aromatic heterocycles. The number of hydrogen-bond acceptors (Lipinski definition) is 9. The van der Waals surface area contributed by atoms with Gasteiger partial charge in [-0.3, -0.25) is 14.4 Å². The number of ketones is 2. The minimum absolute atomic E-state index is 0.0892. The van der Waals surface area contributed by atoms with E-state index in [1.54, 1.807) is 66.7 Å². The van der Waals surface area contributed by atoms with Crippen molar-refractivity contribution in [2.75, 3.05) is 13.2 Å². The average molecular weight is 653 g/mol. The van der Waals surface area contributed by atoms with Gasteiger partial charge in [-0.1, -0.05) is 99.3 Å². The van der Waals surface area contributed by atoms with E-state index < -0.39 is 18.2 Å². The zero-order chi connectivity index (χ0) is 33.9. The van der Waals surface area contributed by atoms with Gasteiger partial charge < -0.3 is 29.2 Å². The SMILES string of the molecule is CCCCCCCC(=O)Oc1cc(O)cc2c1C[C@H](O)[C@H](c1ccc(OCC(=O)c3ccccc3)c(OCC(=O)c3ccccc3)c1)O2. The number of phenols is 1. The molecule has 0 saturated heterocycles. The average Bonchev–Trinajstić information content (AvgIpc) is 3.10. The molecule has 9 heteroatoms. The molecule has 0 unspecified atom stereocenters. The van der Waals surface area contributed by atoms with Crippen molar-refractivity contribution < 1.29 is 43.5 Å². The number of benzene rings is 4. The Bertz CT molecular complexity index is 1700. The second kappa shape index (κ2) is 16.6. The summed E-state index contributed by atoms with van der Waals surface area (Å²) in [4.78, 5) is 38.2. The van der Waals surface area contributed by atoms with E-state index in [0.717, 1.165) is 25.7 Å². The molecule has 0 amide bonds. The van der Waals surface area contributed by atoms with Crippen LogP contribution in [0.3, 0.4) is 0 Å². The van der Waals surface area contributed by atoms with Gasteiger partial charge >= 0.3 is 5.97 Å². The highest BCUT2D eigenvalue weighted by atomic mass is 16.5. The van der Waals surface area contributed by atoms with E-state index >= 15 is 0 Å². The number of aliphatic hydroxyl groups is 1. The Kier molecular flexibility index (Phi) is 11.8. The van der Waals surface area contributed by atoms with Crippen molar-refractivity contribution in [2.24, 2.45) is 0 Å². The van der Waals surface area contributed by atoms with Crippen LogP contribution in [0, 0.1) is 0 Å². The van der Waals surface area contributed by atoms with Gasteiger partial charge in [0, 0.05) is 41.7 Å². The summed E-state index contributed by atoms with van der Waals surface area (Å²) in [6.45, 7) is 1.57. The second-order valence-corrected chi connectivity index (χ2v) is 11.7. The lowest BCUT2D eigenvalue weighted by molar-refractivity contribution is -0.134. The standard InChI is InChI=1S/C39H40O9/c1-2-3-4-5-12-17-38(44)47-35-21-29(40)22-36-30(35)23-31(41)39(48-36)28-18-19-34(45-24-32(42)26-13-8-6-9-14-26)37(20-28)46-25-33(43)27-15-10-7-11-16-27/h6-11,13-16,18-22,31,39-41H,2-5,12,17,23-25H2,1H3/t31-,39-/m0/s1. The van der Waals surface area contributed by atoms with Crippen molar-refractivity contribution in [1.82, 2.24) is 0 Å². The third-order valence-corrected chi connectivity index (χ3v) is 8.08. The van der Waals surface area contributed by atoms with Crippen LogP contribution in [0.25, 0.3) is 0 Å². The molecule has 2 atom stereocenters. The van der Waals surface area contributed by atoms with Crippen LogP contribution in [0.15, 0.2) is 91.0 Å². The van der Waals surface area contributed by atoms with Crippen LogP contribution in [0.5, 0.6) is 28.7 Å². The van der Waals surface area contributed by atoms with Crippen LogP contribution in [0.4, 0.5) is 0 Å². The highest BCUT2D eigenvalue weighted by Crippen LogP contribution is 2.43. The van der Waals surface area contributed by atoms with E-state index in [1.165, 1.54) is 12.1 Å². The Labute approximate surface area is 280 Å². The van der Waals surface area contributed by atoms with E-state index in [2.05, 4.69) is 6.92 Å². The summed E-state index contributed by atoms with van der Waals surface area (Å²) in [5.74, 6) is -0.216. The third kappa shape index (κ3) is 9.01. The number of rotatable bonds is 16. The lowest BCUT2D eigenvalue weighted by atomic mass is 9.93. The zero-order valence-electron chi connectivity index (χ0n) is 26.9. The number of unbranched alkanes of at least 4 members (excludes halogenated alkanes) is 4. The number of fused-ring (bicyclic) bond motifs is 1. The predicted molar refractivity (Wildman–Crippen MR) is 179 cm³/mol. The summed E-state index contributed by atoms with van der Waals surface area (Å²) < 4.78 is 23.6. The van der Waals surface area contributed by atoms with Gasteiger partial charge in [0.25, 0.3) is 0 Å². The number of Topliss-reactive ketones (excluding diaryl/α,β-unsaturated/α-hetero) is 2. The summed E-state index contributed by atoms with van der Waals surface area (Å²) in [6, 6.07) is 25.1. The highest BCUT2D eigenvalue weighted by Gasteiger charge is 2.33. The van der Waals surface area contributed by atoms with Crippen molar-refractivity contribution in [3.8, 4) is 28.7 Å². The quantitative estimate of drug-likeness (QED) is 0.0558. The fourth-order valence-electron chi connectivity index (χ4n) is 5.51. The number of hydrogen-bond donors (Lipinski definition) is 2. The second-order valence-electron chi connectivity index (χ2n) is 11.7. The number of phenolic OH excluding ortho intramolecular Hbond substituents is 1. The molecule has 48 heavy (non-hydrogen) atoms. The van der Waals surface area contributed by atoms with Crippen LogP contribution in [0.2, 0.25) is 0 Å². The molecule has 0 aliphatic carbocycles. The first-order chi connectivity index (χ1) is 23.3. The summed E-state index contributed by atoms with van der Waals surface area (Å²) >= 11 is 0. The molecule has 1 aliphatic rings. The molecule has 250 valence electrons.